The molecule has 2 saturated heterocycles. The third-order valence-electron chi connectivity index (χ3n) is 8.12. The summed E-state index contributed by atoms with van der Waals surface area (Å²) in [4.78, 5) is 43.3. The molecule has 2 heterocycles. The molecule has 0 aliphatic carbocycles. The van der Waals surface area contributed by atoms with Gasteiger partial charge in [-0.05, 0) is 64.7 Å². The maximum absolute atomic E-state index is 14.1. The number of carbonyl (C=O) groups is 3. The minimum absolute atomic E-state index is 0.129. The molecule has 0 N–H and O–H groups in total. The molecule has 3 amide bonds. The Bertz CT molecular complexity index is 1080. The summed E-state index contributed by atoms with van der Waals surface area (Å²) < 4.78 is 24.2. The Kier molecular flexibility index (Phi) is 9.18. The first-order valence-electron chi connectivity index (χ1n) is 14.1. The average molecular weight is 577 g/mol. The molecule has 9 nitrogen and oxygen atoms in total. The first-order chi connectivity index (χ1) is 18.2. The Labute approximate surface area is 240 Å². The zero-order valence-electron chi connectivity index (χ0n) is 26.1. The van der Waals surface area contributed by atoms with Crippen molar-refractivity contribution in [2.24, 2.45) is 5.92 Å². The van der Waals surface area contributed by atoms with E-state index in [2.05, 4.69) is 33.9 Å². The van der Waals surface area contributed by atoms with Crippen LogP contribution in [0, 0.1) is 5.92 Å². The van der Waals surface area contributed by atoms with Gasteiger partial charge in [-0.15, -0.1) is 0 Å². The van der Waals surface area contributed by atoms with Crippen molar-refractivity contribution in [3.8, 4) is 0 Å². The number of rotatable bonds is 7. The molecule has 3 rings (SSSR count). The zero-order valence-corrected chi connectivity index (χ0v) is 27.1. The van der Waals surface area contributed by atoms with Crippen molar-refractivity contribution in [1.82, 2.24) is 9.80 Å². The summed E-state index contributed by atoms with van der Waals surface area (Å²) in [6.45, 7) is 21.7. The molecule has 0 saturated carbocycles. The lowest BCUT2D eigenvalue weighted by molar-refractivity contribution is -0.137. The molecule has 224 valence electrons. The fourth-order valence-corrected chi connectivity index (χ4v) is 6.29. The Morgan fingerprint density at radius 2 is 1.68 bits per heavy atom. The number of hydrogen-bond acceptors (Lipinski definition) is 7. The van der Waals surface area contributed by atoms with E-state index in [1.165, 1.54) is 4.90 Å². The molecule has 0 radical (unpaired) electrons. The van der Waals surface area contributed by atoms with Crippen LogP contribution in [0.5, 0.6) is 0 Å². The van der Waals surface area contributed by atoms with Crippen LogP contribution in [0.4, 0.5) is 9.59 Å². The second-order valence-electron chi connectivity index (χ2n) is 13.9. The van der Waals surface area contributed by atoms with Gasteiger partial charge >= 0.3 is 12.2 Å². The van der Waals surface area contributed by atoms with Gasteiger partial charge in [-0.1, -0.05) is 58.0 Å². The Balaban J connectivity index is 1.99. The van der Waals surface area contributed by atoms with Crippen molar-refractivity contribution in [2.45, 2.75) is 116 Å². The van der Waals surface area contributed by atoms with Gasteiger partial charge in [0.25, 0.3) is 0 Å². The molecule has 4 atom stereocenters. The first kappa shape index (κ1) is 32.1. The largest absolute Gasteiger partial charge is 0.447 e. The highest BCUT2D eigenvalue weighted by Crippen LogP contribution is 2.41. The quantitative estimate of drug-likeness (QED) is 0.369. The fourth-order valence-electron chi connectivity index (χ4n) is 4.90. The van der Waals surface area contributed by atoms with Crippen LogP contribution < -0.4 is 0 Å². The van der Waals surface area contributed by atoms with Gasteiger partial charge in [0.05, 0.1) is 30.7 Å². The van der Waals surface area contributed by atoms with Crippen LogP contribution in [0.25, 0.3) is 0 Å². The van der Waals surface area contributed by atoms with Gasteiger partial charge in [0, 0.05) is 0 Å². The molecule has 2 aliphatic rings. The van der Waals surface area contributed by atoms with Gasteiger partial charge < -0.3 is 18.6 Å². The number of hydrogen-bond donors (Lipinski definition) is 0. The lowest BCUT2D eigenvalue weighted by Gasteiger charge is -2.45. The van der Waals surface area contributed by atoms with Crippen molar-refractivity contribution in [1.29, 1.82) is 0 Å². The summed E-state index contributed by atoms with van der Waals surface area (Å²) in [5.41, 5.74) is -0.693. The molecule has 2 fully saturated rings. The highest BCUT2D eigenvalue weighted by molar-refractivity contribution is 6.74. The monoisotopic (exact) mass is 576 g/mol. The van der Waals surface area contributed by atoms with Gasteiger partial charge in [-0.3, -0.25) is 9.69 Å². The van der Waals surface area contributed by atoms with Crippen molar-refractivity contribution in [3.05, 3.63) is 35.9 Å². The maximum Gasteiger partial charge on any atom is 0.416 e. The summed E-state index contributed by atoms with van der Waals surface area (Å²) in [6.07, 6.45) is -1.45. The molecule has 10 heteroatoms. The van der Waals surface area contributed by atoms with Gasteiger partial charge in [-0.25, -0.2) is 14.5 Å². The van der Waals surface area contributed by atoms with Crippen LogP contribution in [0.15, 0.2) is 30.3 Å². The van der Waals surface area contributed by atoms with Crippen LogP contribution in [-0.4, -0.2) is 78.9 Å². The van der Waals surface area contributed by atoms with E-state index in [0.29, 0.717) is 6.42 Å². The summed E-state index contributed by atoms with van der Waals surface area (Å²) in [7, 11) is -2.46. The normalized spacial score (nSPS) is 23.1. The Morgan fingerprint density at radius 3 is 2.23 bits per heavy atom. The lowest BCUT2D eigenvalue weighted by Crippen LogP contribution is -2.60. The van der Waals surface area contributed by atoms with Gasteiger partial charge in [-0.2, -0.15) is 0 Å². The number of nitrogens with zero attached hydrogens (tertiary/aromatic N) is 2. The molecule has 1 aromatic carbocycles. The predicted octanol–water partition coefficient (Wildman–Crippen LogP) is 5.98. The molecule has 0 spiro atoms. The summed E-state index contributed by atoms with van der Waals surface area (Å²) in [5, 5.41) is -0.165. The van der Waals surface area contributed by atoms with Crippen LogP contribution in [0.3, 0.4) is 0 Å². The smallest absolute Gasteiger partial charge is 0.416 e. The van der Waals surface area contributed by atoms with Crippen molar-refractivity contribution < 1.29 is 33.0 Å². The second kappa shape index (κ2) is 11.4. The molecule has 2 aliphatic heterocycles. The van der Waals surface area contributed by atoms with E-state index in [1.807, 2.05) is 51.1 Å². The molecule has 40 heavy (non-hydrogen) atoms. The van der Waals surface area contributed by atoms with E-state index in [9.17, 15) is 14.4 Å². The lowest BCUT2D eigenvalue weighted by atomic mass is 9.94. The van der Waals surface area contributed by atoms with E-state index in [4.69, 9.17) is 18.6 Å². The topological polar surface area (TPSA) is 94.6 Å². The molecule has 2 unspecified atom stereocenters. The van der Waals surface area contributed by atoms with Crippen LogP contribution in [-0.2, 0) is 29.9 Å². The van der Waals surface area contributed by atoms with E-state index in [0.717, 1.165) is 5.56 Å². The number of amides is 3. The predicted molar refractivity (Wildman–Crippen MR) is 155 cm³/mol. The minimum Gasteiger partial charge on any atom is -0.447 e. The highest BCUT2D eigenvalue weighted by Gasteiger charge is 2.54. The second-order valence-corrected chi connectivity index (χ2v) is 18.7. The van der Waals surface area contributed by atoms with Crippen molar-refractivity contribution in [3.63, 3.8) is 0 Å². The zero-order chi connectivity index (χ0) is 30.3. The number of imide groups is 1. The van der Waals surface area contributed by atoms with E-state index in [-0.39, 0.29) is 24.2 Å². The summed E-state index contributed by atoms with van der Waals surface area (Å²) in [6, 6.07) is 8.68. The van der Waals surface area contributed by atoms with Crippen LogP contribution >= 0.6 is 0 Å². The van der Waals surface area contributed by atoms with Crippen molar-refractivity contribution in [2.75, 3.05) is 13.2 Å². The maximum atomic E-state index is 14.1. The van der Waals surface area contributed by atoms with Gasteiger partial charge in [0.2, 0.25) is 5.91 Å². The first-order valence-corrected chi connectivity index (χ1v) is 17.0. The Hall–Kier alpha value is -2.43. The van der Waals surface area contributed by atoms with Gasteiger partial charge in [0.1, 0.15) is 17.9 Å². The standard InChI is InChI=1S/C30H48N2O7Si/c1-20(25(33)31-22(18-36-26(31)34)17-21-15-13-12-14-16-21)24(39-40(10,11)29(5,6)7)23-19-37-30(8,9)32(23)27(35)38-28(2,3)4/h12-16,20,22-24H,17-19H2,1-11H3/t20?,22-,23-,24?/m1/s1. The number of benzene rings is 1. The number of ether oxygens (including phenoxy) is 3. The number of carbonyl (C=O) groups excluding carboxylic acids is 3. The van der Waals surface area contributed by atoms with Crippen molar-refractivity contribution >= 4 is 26.4 Å². The highest BCUT2D eigenvalue weighted by atomic mass is 28.4. The average Bonchev–Trinajstić information content (AvgIpc) is 3.33. The van der Waals surface area contributed by atoms with Crippen LogP contribution in [0.2, 0.25) is 18.1 Å². The van der Waals surface area contributed by atoms with Gasteiger partial charge in [0.15, 0.2) is 8.32 Å². The molecule has 0 bridgehead atoms. The van der Waals surface area contributed by atoms with E-state index in [1.54, 1.807) is 25.7 Å². The molecular formula is C30H48N2O7Si. The Morgan fingerprint density at radius 1 is 1.07 bits per heavy atom. The fraction of sp³-hybridized carbons (Fsp3) is 0.700. The molecular weight excluding hydrogens is 528 g/mol. The van der Waals surface area contributed by atoms with Crippen LogP contribution in [0.1, 0.15) is 67.9 Å². The third kappa shape index (κ3) is 7.06. The third-order valence-corrected chi connectivity index (χ3v) is 12.6. The SMILES string of the molecule is CC(C(=O)N1C(=O)OC[C@H]1Cc1ccccc1)C(O[Si](C)(C)C(C)(C)C)[C@H]1COC(C)(C)N1C(=O)OC(C)(C)C. The molecule has 0 aromatic heterocycles. The van der Waals surface area contributed by atoms with E-state index < -0.39 is 55.9 Å². The summed E-state index contributed by atoms with van der Waals surface area (Å²) >= 11 is 0. The molecule has 1 aromatic rings. The minimum atomic E-state index is -2.46. The van der Waals surface area contributed by atoms with E-state index >= 15 is 0 Å². The number of cyclic esters (lactones) is 1. The summed E-state index contributed by atoms with van der Waals surface area (Å²) in [5.74, 6) is -1.16.